The van der Waals surface area contributed by atoms with Gasteiger partial charge in [0.25, 0.3) is 0 Å². The number of nitrogens with one attached hydrogen (secondary N) is 1. The number of rotatable bonds is 3. The maximum Gasteiger partial charge on any atom is 0.0922 e. The van der Waals surface area contributed by atoms with E-state index in [9.17, 15) is 0 Å². The molecule has 5 aromatic carbocycles. The third-order valence-corrected chi connectivity index (χ3v) is 10.6. The lowest BCUT2D eigenvalue weighted by Gasteiger charge is -2.42. The van der Waals surface area contributed by atoms with Crippen molar-refractivity contribution in [3.63, 3.8) is 0 Å². The maximum atomic E-state index is 3.98. The lowest BCUT2D eigenvalue weighted by molar-refractivity contribution is 0.328. The van der Waals surface area contributed by atoms with Crippen molar-refractivity contribution >= 4 is 16.5 Å². The van der Waals surface area contributed by atoms with Crippen LogP contribution in [0.4, 0.5) is 0 Å². The highest BCUT2D eigenvalue weighted by atomic mass is 15.2. The number of dihydropyridines is 1. The van der Waals surface area contributed by atoms with Crippen molar-refractivity contribution < 1.29 is 0 Å². The summed E-state index contributed by atoms with van der Waals surface area (Å²) >= 11 is 0. The van der Waals surface area contributed by atoms with E-state index in [-0.39, 0.29) is 17.5 Å². The van der Waals surface area contributed by atoms with Crippen LogP contribution in [0.25, 0.3) is 38.7 Å². The van der Waals surface area contributed by atoms with Crippen LogP contribution in [0.5, 0.6) is 0 Å². The number of fused-ring (bicyclic) bond motifs is 6. The van der Waals surface area contributed by atoms with Gasteiger partial charge in [-0.05, 0) is 84.6 Å². The molecule has 9 rings (SSSR count). The first kappa shape index (κ1) is 27.0. The predicted octanol–water partition coefficient (Wildman–Crippen LogP) is 10.1. The number of nitrogens with zero attached hydrogens (tertiary/aromatic N) is 1. The highest BCUT2D eigenvalue weighted by Gasteiger charge is 2.39. The molecule has 0 radical (unpaired) electrons. The first-order valence-corrected chi connectivity index (χ1v) is 16.3. The summed E-state index contributed by atoms with van der Waals surface area (Å²) in [5.41, 5.74) is 15.6. The van der Waals surface area contributed by atoms with E-state index in [4.69, 9.17) is 0 Å². The van der Waals surface area contributed by atoms with Crippen LogP contribution in [0.15, 0.2) is 162 Å². The van der Waals surface area contributed by atoms with Gasteiger partial charge in [-0.25, -0.2) is 0 Å². The molecule has 2 heteroatoms. The number of likely N-dealkylation sites (N-methyl/N-ethyl adjacent to an activating group) is 1. The Labute approximate surface area is 271 Å². The lowest BCUT2D eigenvalue weighted by atomic mass is 9.80. The number of benzene rings is 5. The van der Waals surface area contributed by atoms with Gasteiger partial charge in [-0.15, -0.1) is 0 Å². The van der Waals surface area contributed by atoms with Crippen LogP contribution in [0.1, 0.15) is 42.1 Å². The Hall–Kier alpha value is -5.34. The molecule has 0 fully saturated rings. The van der Waals surface area contributed by atoms with Crippen LogP contribution in [0.3, 0.4) is 0 Å². The average Bonchev–Trinajstić information content (AvgIpc) is 3.32. The fourth-order valence-corrected chi connectivity index (χ4v) is 8.18. The van der Waals surface area contributed by atoms with E-state index >= 15 is 0 Å². The standard InChI is InChI=1S/C44H36N2/c1-44(2)36-27-33(20-23-35(36)41-37(44)26-32-16-10-11-17-34(32)40(41)29-14-8-5-9-15-29)38-24-21-30-18-19-31-22-25-39(28-12-6-4-7-13-28)46(3)43(31)42(30)45-38/h4-27,39,42,45H,1-3H3. The van der Waals surface area contributed by atoms with E-state index in [0.29, 0.717) is 0 Å². The molecule has 2 heterocycles. The summed E-state index contributed by atoms with van der Waals surface area (Å²) in [6, 6.07) is 40.4. The molecule has 2 aliphatic heterocycles. The van der Waals surface area contributed by atoms with Crippen LogP contribution in [-0.2, 0) is 5.41 Å². The molecule has 5 aromatic rings. The van der Waals surface area contributed by atoms with Crippen molar-refractivity contribution in [2.75, 3.05) is 7.05 Å². The zero-order valence-electron chi connectivity index (χ0n) is 26.5. The zero-order valence-corrected chi connectivity index (χ0v) is 26.5. The second-order valence-electron chi connectivity index (χ2n) is 13.5. The van der Waals surface area contributed by atoms with Gasteiger partial charge in [0, 0.05) is 23.9 Å². The van der Waals surface area contributed by atoms with Gasteiger partial charge in [0.15, 0.2) is 0 Å². The van der Waals surface area contributed by atoms with Gasteiger partial charge in [-0.2, -0.15) is 0 Å². The van der Waals surface area contributed by atoms with E-state index in [2.05, 4.69) is 177 Å². The third kappa shape index (κ3) is 3.96. The summed E-state index contributed by atoms with van der Waals surface area (Å²) in [5, 5.41) is 6.59. The van der Waals surface area contributed by atoms with Crippen molar-refractivity contribution in [3.8, 4) is 22.3 Å². The van der Waals surface area contributed by atoms with Gasteiger partial charge < -0.3 is 10.2 Å². The Bertz CT molecular complexity index is 2210. The molecule has 2 unspecified atom stereocenters. The first-order chi connectivity index (χ1) is 22.5. The van der Waals surface area contributed by atoms with Crippen LogP contribution >= 0.6 is 0 Å². The highest BCUT2D eigenvalue weighted by molar-refractivity contribution is 6.08. The molecule has 0 amide bonds. The Balaban J connectivity index is 1.13. The summed E-state index contributed by atoms with van der Waals surface area (Å²) < 4.78 is 0. The van der Waals surface area contributed by atoms with Gasteiger partial charge in [0.1, 0.15) is 0 Å². The topological polar surface area (TPSA) is 15.3 Å². The monoisotopic (exact) mass is 592 g/mol. The number of hydrogen-bond donors (Lipinski definition) is 1. The molecule has 222 valence electrons. The van der Waals surface area contributed by atoms with Crippen LogP contribution in [-0.4, -0.2) is 18.0 Å². The molecular weight excluding hydrogens is 556 g/mol. The molecule has 2 nitrogen and oxygen atoms in total. The molecule has 46 heavy (non-hydrogen) atoms. The lowest BCUT2D eigenvalue weighted by Crippen LogP contribution is -2.43. The SMILES string of the molecule is CN1C2=C(C=CC3=CC=C(c4ccc5c(c4)C(C)(C)c4cc6ccccc6c(-c6ccccc6)c4-5)NC32)C=CC1c1ccccc1. The summed E-state index contributed by atoms with van der Waals surface area (Å²) in [6.45, 7) is 4.78. The molecule has 0 aromatic heterocycles. The normalized spacial score (nSPS) is 20.4. The van der Waals surface area contributed by atoms with Crippen LogP contribution in [0, 0.1) is 0 Å². The second kappa shape index (κ2) is 10.1. The van der Waals surface area contributed by atoms with Crippen molar-refractivity contribution in [1.29, 1.82) is 0 Å². The van der Waals surface area contributed by atoms with Gasteiger partial charge in [-0.1, -0.05) is 141 Å². The fraction of sp³-hybridized carbons (Fsp3) is 0.136. The number of hydrogen-bond acceptors (Lipinski definition) is 2. The van der Waals surface area contributed by atoms with Gasteiger partial charge in [0.05, 0.1) is 12.1 Å². The molecule has 2 atom stereocenters. The largest absolute Gasteiger partial charge is 0.372 e. The van der Waals surface area contributed by atoms with E-state index in [1.807, 2.05) is 0 Å². The second-order valence-corrected chi connectivity index (χ2v) is 13.5. The van der Waals surface area contributed by atoms with Crippen molar-refractivity contribution in [2.24, 2.45) is 0 Å². The minimum absolute atomic E-state index is 0.0922. The quantitative estimate of drug-likeness (QED) is 0.224. The minimum atomic E-state index is -0.134. The third-order valence-electron chi connectivity index (χ3n) is 10.6. The number of allylic oxidation sites excluding steroid dienone is 5. The van der Waals surface area contributed by atoms with Gasteiger partial charge in [0.2, 0.25) is 0 Å². The smallest absolute Gasteiger partial charge is 0.0922 e. The molecule has 0 bridgehead atoms. The summed E-state index contributed by atoms with van der Waals surface area (Å²) in [4.78, 5) is 2.45. The first-order valence-electron chi connectivity index (χ1n) is 16.3. The van der Waals surface area contributed by atoms with Crippen LogP contribution in [0.2, 0.25) is 0 Å². The molecule has 0 saturated carbocycles. The summed E-state index contributed by atoms with van der Waals surface area (Å²) in [6.07, 6.45) is 13.7. The van der Waals surface area contributed by atoms with E-state index in [0.717, 1.165) is 5.70 Å². The molecule has 0 spiro atoms. The summed E-state index contributed by atoms with van der Waals surface area (Å²) in [5.74, 6) is 0. The predicted molar refractivity (Wildman–Crippen MR) is 192 cm³/mol. The van der Waals surface area contributed by atoms with Gasteiger partial charge in [-0.3, -0.25) is 0 Å². The zero-order chi connectivity index (χ0) is 31.0. The molecule has 4 aliphatic rings. The Morgan fingerprint density at radius 2 is 1.43 bits per heavy atom. The molecule has 0 saturated heterocycles. The van der Waals surface area contributed by atoms with Gasteiger partial charge >= 0.3 is 0 Å². The Kier molecular flexibility index (Phi) is 5.92. The van der Waals surface area contributed by atoms with Crippen molar-refractivity contribution in [2.45, 2.75) is 31.3 Å². The molecule has 1 N–H and O–H groups in total. The molecule has 2 aliphatic carbocycles. The van der Waals surface area contributed by atoms with Crippen LogP contribution < -0.4 is 5.32 Å². The average molecular weight is 593 g/mol. The Morgan fingerprint density at radius 1 is 0.674 bits per heavy atom. The van der Waals surface area contributed by atoms with E-state index in [1.54, 1.807) is 0 Å². The Morgan fingerprint density at radius 3 is 2.26 bits per heavy atom. The minimum Gasteiger partial charge on any atom is -0.372 e. The van der Waals surface area contributed by atoms with E-state index in [1.165, 1.54) is 72.1 Å². The van der Waals surface area contributed by atoms with E-state index < -0.39 is 0 Å². The highest BCUT2D eigenvalue weighted by Crippen LogP contribution is 2.54. The summed E-state index contributed by atoms with van der Waals surface area (Å²) in [7, 11) is 2.23. The van der Waals surface area contributed by atoms with Crippen molar-refractivity contribution in [1.82, 2.24) is 10.2 Å². The van der Waals surface area contributed by atoms with Crippen molar-refractivity contribution in [3.05, 3.63) is 185 Å². The molecular formula is C44H36N2. The fourth-order valence-electron chi connectivity index (χ4n) is 8.18. The maximum absolute atomic E-state index is 3.98.